The number of imidazole rings is 1. The number of aryl methyl sites for hydroxylation is 1. The first kappa shape index (κ1) is 14.7. The third-order valence-electron chi connectivity index (χ3n) is 2.95. The quantitative estimate of drug-likeness (QED) is 0.599. The van der Waals surface area contributed by atoms with Crippen molar-refractivity contribution in [1.82, 2.24) is 19.4 Å². The normalized spacial score (nSPS) is 11.0. The van der Waals surface area contributed by atoms with Gasteiger partial charge in [0.1, 0.15) is 6.20 Å². The van der Waals surface area contributed by atoms with Crippen molar-refractivity contribution in [3.8, 4) is 0 Å². The van der Waals surface area contributed by atoms with Crippen LogP contribution in [-0.4, -0.2) is 38.5 Å². The molecule has 0 saturated carbocycles. The van der Waals surface area contributed by atoms with Gasteiger partial charge in [-0.2, -0.15) is 0 Å². The zero-order valence-electron chi connectivity index (χ0n) is 12.0. The molecule has 0 saturated heterocycles. The Hall–Kier alpha value is -2.70. The second-order valence-electron chi connectivity index (χ2n) is 4.77. The van der Waals surface area contributed by atoms with E-state index in [2.05, 4.69) is 9.97 Å². The number of hydrogen-bond donors (Lipinski definition) is 0. The summed E-state index contributed by atoms with van der Waals surface area (Å²) < 4.78 is 1.61. The molecule has 0 N–H and O–H groups in total. The van der Waals surface area contributed by atoms with Crippen LogP contribution in [0.3, 0.4) is 0 Å². The van der Waals surface area contributed by atoms with Crippen LogP contribution in [0.1, 0.15) is 11.4 Å². The summed E-state index contributed by atoms with van der Waals surface area (Å²) in [6.45, 7) is 0.493. The molecule has 2 rings (SSSR count). The van der Waals surface area contributed by atoms with E-state index in [0.29, 0.717) is 18.8 Å². The Bertz CT molecular complexity index is 634. The molecular formula is C14H17N5O2. The molecule has 7 nitrogen and oxygen atoms in total. The Labute approximate surface area is 122 Å². The molecule has 0 radical (unpaired) electrons. The summed E-state index contributed by atoms with van der Waals surface area (Å²) in [5, 5.41) is 11.1. The minimum absolute atomic E-state index is 0.00228. The highest BCUT2D eigenvalue weighted by atomic mass is 16.6. The van der Waals surface area contributed by atoms with Crippen LogP contribution in [0.4, 0.5) is 5.82 Å². The number of hydrogen-bond acceptors (Lipinski definition) is 5. The van der Waals surface area contributed by atoms with E-state index in [4.69, 9.17) is 0 Å². The van der Waals surface area contributed by atoms with Gasteiger partial charge in [-0.15, -0.1) is 0 Å². The van der Waals surface area contributed by atoms with E-state index in [1.807, 2.05) is 37.3 Å². The summed E-state index contributed by atoms with van der Waals surface area (Å²) in [5.74, 6) is 0.576. The minimum atomic E-state index is -0.410. The second-order valence-corrected chi connectivity index (χ2v) is 4.77. The van der Waals surface area contributed by atoms with Crippen LogP contribution >= 0.6 is 0 Å². The predicted octanol–water partition coefficient (Wildman–Crippen LogP) is 1.96. The van der Waals surface area contributed by atoms with E-state index in [1.165, 1.54) is 6.20 Å². The third kappa shape index (κ3) is 3.88. The highest BCUT2D eigenvalue weighted by molar-refractivity contribution is 5.43. The minimum Gasteiger partial charge on any atom is -0.383 e. The van der Waals surface area contributed by atoms with Crippen molar-refractivity contribution < 1.29 is 4.92 Å². The van der Waals surface area contributed by atoms with Crippen LogP contribution < -0.4 is 0 Å². The summed E-state index contributed by atoms with van der Waals surface area (Å²) in [5.41, 5.74) is 1.08. The maximum atomic E-state index is 11.1. The lowest BCUT2D eigenvalue weighted by atomic mass is 10.2. The molecule has 0 atom stereocenters. The van der Waals surface area contributed by atoms with Crippen molar-refractivity contribution in [1.29, 1.82) is 0 Å². The molecule has 0 amide bonds. The number of nitrogens with zero attached hydrogens (tertiary/aromatic N) is 5. The monoisotopic (exact) mass is 287 g/mol. The topological polar surface area (TPSA) is 77.1 Å². The van der Waals surface area contributed by atoms with Crippen molar-refractivity contribution in [2.45, 2.75) is 13.0 Å². The summed E-state index contributed by atoms with van der Waals surface area (Å²) in [6.07, 6.45) is 8.98. The molecule has 0 aliphatic rings. The van der Waals surface area contributed by atoms with Gasteiger partial charge in [-0.05, 0) is 22.6 Å². The fraction of sp³-hybridized carbons (Fsp3) is 0.286. The van der Waals surface area contributed by atoms with Gasteiger partial charge in [-0.25, -0.2) is 9.55 Å². The maximum absolute atomic E-state index is 11.1. The first-order valence-corrected chi connectivity index (χ1v) is 6.51. The number of aromatic nitrogens is 3. The highest BCUT2D eigenvalue weighted by Crippen LogP contribution is 2.16. The van der Waals surface area contributed by atoms with E-state index in [1.54, 1.807) is 23.0 Å². The van der Waals surface area contributed by atoms with Gasteiger partial charge in [-0.3, -0.25) is 4.98 Å². The van der Waals surface area contributed by atoms with Crippen LogP contribution in [0.25, 0.3) is 6.08 Å². The fourth-order valence-corrected chi connectivity index (χ4v) is 1.89. The van der Waals surface area contributed by atoms with E-state index in [9.17, 15) is 10.1 Å². The van der Waals surface area contributed by atoms with E-state index in [0.717, 1.165) is 5.56 Å². The van der Waals surface area contributed by atoms with Gasteiger partial charge >= 0.3 is 5.82 Å². The second kappa shape index (κ2) is 6.65. The average Bonchev–Trinajstić information content (AvgIpc) is 2.87. The smallest absolute Gasteiger partial charge is 0.343 e. The maximum Gasteiger partial charge on any atom is 0.343 e. The summed E-state index contributed by atoms with van der Waals surface area (Å²) >= 11 is 0. The molecule has 0 spiro atoms. The van der Waals surface area contributed by atoms with E-state index < -0.39 is 4.92 Å². The largest absolute Gasteiger partial charge is 0.383 e. The molecule has 0 aliphatic carbocycles. The standard InChI is InChI=1S/C14H17N5O2/c1-17(2)9-6-13-16-11-14(19(20)21)18(13)10-5-12-3-7-15-8-4-12/h3-4,6-9,11H,5,10H2,1-2H3/b9-6+. The zero-order valence-corrected chi connectivity index (χ0v) is 12.0. The molecule has 7 heteroatoms. The van der Waals surface area contributed by atoms with Crippen LogP contribution in [0.5, 0.6) is 0 Å². The zero-order chi connectivity index (χ0) is 15.2. The molecule has 0 aromatic carbocycles. The van der Waals surface area contributed by atoms with E-state index in [-0.39, 0.29) is 5.82 Å². The first-order valence-electron chi connectivity index (χ1n) is 6.51. The molecule has 2 aromatic rings. The molecule has 21 heavy (non-hydrogen) atoms. The Morgan fingerprint density at radius 2 is 2.10 bits per heavy atom. The molecule has 2 heterocycles. The highest BCUT2D eigenvalue weighted by Gasteiger charge is 2.18. The van der Waals surface area contributed by atoms with Crippen molar-refractivity contribution in [3.63, 3.8) is 0 Å². The Morgan fingerprint density at radius 1 is 1.38 bits per heavy atom. The van der Waals surface area contributed by atoms with Gasteiger partial charge in [0.15, 0.2) is 0 Å². The molecular weight excluding hydrogens is 270 g/mol. The van der Waals surface area contributed by atoms with Crippen molar-refractivity contribution in [2.24, 2.45) is 0 Å². The van der Waals surface area contributed by atoms with Gasteiger partial charge in [0.05, 0.1) is 6.54 Å². The Morgan fingerprint density at radius 3 is 2.71 bits per heavy atom. The van der Waals surface area contributed by atoms with Gasteiger partial charge < -0.3 is 15.0 Å². The van der Waals surface area contributed by atoms with Crippen molar-refractivity contribution in [3.05, 3.63) is 58.4 Å². The number of pyridine rings is 1. The number of rotatable bonds is 6. The van der Waals surface area contributed by atoms with Crippen LogP contribution in [-0.2, 0) is 13.0 Å². The molecule has 0 aliphatic heterocycles. The lowest BCUT2D eigenvalue weighted by Gasteiger charge is -2.05. The number of nitro groups is 1. The van der Waals surface area contributed by atoms with Gasteiger partial charge in [0.25, 0.3) is 0 Å². The SMILES string of the molecule is CN(C)/C=C/c1ncc([N+](=O)[O-])n1CCc1ccncc1. The Balaban J connectivity index is 2.22. The van der Waals surface area contributed by atoms with E-state index >= 15 is 0 Å². The molecule has 110 valence electrons. The summed E-state index contributed by atoms with van der Waals surface area (Å²) in [7, 11) is 3.77. The van der Waals surface area contributed by atoms with Crippen LogP contribution in [0.15, 0.2) is 36.9 Å². The molecule has 0 bridgehead atoms. The summed E-state index contributed by atoms with van der Waals surface area (Å²) in [6, 6.07) is 3.80. The van der Waals surface area contributed by atoms with Crippen molar-refractivity contribution >= 4 is 11.9 Å². The lowest BCUT2D eigenvalue weighted by molar-refractivity contribution is -0.392. The van der Waals surface area contributed by atoms with Gasteiger partial charge in [0, 0.05) is 45.2 Å². The Kier molecular flexibility index (Phi) is 4.65. The molecule has 0 fully saturated rings. The molecule has 2 aromatic heterocycles. The lowest BCUT2D eigenvalue weighted by Crippen LogP contribution is -2.08. The first-order chi connectivity index (χ1) is 10.1. The molecule has 0 unspecified atom stereocenters. The van der Waals surface area contributed by atoms with Gasteiger partial charge in [0.2, 0.25) is 5.82 Å². The predicted molar refractivity (Wildman–Crippen MR) is 79.5 cm³/mol. The van der Waals surface area contributed by atoms with Crippen LogP contribution in [0, 0.1) is 10.1 Å². The third-order valence-corrected chi connectivity index (χ3v) is 2.95. The van der Waals surface area contributed by atoms with Gasteiger partial charge in [-0.1, -0.05) is 0 Å². The average molecular weight is 287 g/mol. The fourth-order valence-electron chi connectivity index (χ4n) is 1.89. The summed E-state index contributed by atoms with van der Waals surface area (Å²) in [4.78, 5) is 20.6. The van der Waals surface area contributed by atoms with Crippen LogP contribution in [0.2, 0.25) is 0 Å². The van der Waals surface area contributed by atoms with Crippen molar-refractivity contribution in [2.75, 3.05) is 14.1 Å².